The monoisotopic (exact) mass is 458 g/mol. The third kappa shape index (κ3) is 4.39. The molecule has 0 aliphatic carbocycles. The lowest BCUT2D eigenvalue weighted by atomic mass is 10.3. The zero-order valence-corrected chi connectivity index (χ0v) is 16.9. The first-order chi connectivity index (χ1) is 10.4. The molecular formula is C14H11BrCl3O2PS. The molecule has 118 valence electrons. The van der Waals surface area contributed by atoms with Crippen molar-refractivity contribution in [3.8, 4) is 5.75 Å². The van der Waals surface area contributed by atoms with Crippen molar-refractivity contribution in [2.45, 2.75) is 6.92 Å². The van der Waals surface area contributed by atoms with Crippen molar-refractivity contribution < 1.29 is 9.05 Å². The number of rotatable bonds is 5. The topological polar surface area (TPSA) is 18.5 Å². The Kier molecular flexibility index (Phi) is 6.61. The SMILES string of the molecule is CCOP(=S)(Oc1cc(Cl)c(Br)cc1Cl)c1ccc(Cl)cc1. The average Bonchev–Trinajstić information content (AvgIpc) is 2.45. The molecule has 1 atom stereocenters. The third-order valence-electron chi connectivity index (χ3n) is 2.64. The molecule has 0 heterocycles. The molecule has 0 fully saturated rings. The summed E-state index contributed by atoms with van der Waals surface area (Å²) in [4.78, 5) is 0. The Bertz CT molecular complexity index is 725. The highest BCUT2D eigenvalue weighted by atomic mass is 79.9. The van der Waals surface area contributed by atoms with Gasteiger partial charge in [0.05, 0.1) is 16.7 Å². The summed E-state index contributed by atoms with van der Waals surface area (Å²) < 4.78 is 12.4. The van der Waals surface area contributed by atoms with E-state index in [2.05, 4.69) is 15.9 Å². The number of hydrogen-bond acceptors (Lipinski definition) is 3. The van der Waals surface area contributed by atoms with Gasteiger partial charge in [-0.05, 0) is 65.0 Å². The van der Waals surface area contributed by atoms with Gasteiger partial charge in [-0.1, -0.05) is 34.8 Å². The Morgan fingerprint density at radius 2 is 1.73 bits per heavy atom. The van der Waals surface area contributed by atoms with Gasteiger partial charge >= 0.3 is 0 Å². The van der Waals surface area contributed by atoms with E-state index in [0.29, 0.717) is 31.9 Å². The summed E-state index contributed by atoms with van der Waals surface area (Å²) >= 11 is 27.2. The second kappa shape index (κ2) is 7.85. The smallest absolute Gasteiger partial charge is 0.269 e. The van der Waals surface area contributed by atoms with Crippen LogP contribution < -0.4 is 9.83 Å². The molecule has 22 heavy (non-hydrogen) atoms. The van der Waals surface area contributed by atoms with E-state index in [0.717, 1.165) is 5.30 Å². The first-order valence-electron chi connectivity index (χ1n) is 6.20. The van der Waals surface area contributed by atoms with Crippen molar-refractivity contribution in [1.29, 1.82) is 0 Å². The lowest BCUT2D eigenvalue weighted by Gasteiger charge is -2.23. The highest BCUT2D eigenvalue weighted by molar-refractivity contribution is 9.10. The van der Waals surface area contributed by atoms with E-state index in [1.807, 2.05) is 6.92 Å². The molecule has 0 amide bonds. The predicted octanol–water partition coefficient (Wildman–Crippen LogP) is 6.46. The summed E-state index contributed by atoms with van der Waals surface area (Å²) in [7, 11) is 0. The van der Waals surface area contributed by atoms with Gasteiger partial charge in [0.15, 0.2) is 0 Å². The molecule has 0 spiro atoms. The molecule has 1 unspecified atom stereocenters. The van der Waals surface area contributed by atoms with E-state index in [1.54, 1.807) is 36.4 Å². The molecule has 2 rings (SSSR count). The molecule has 0 radical (unpaired) electrons. The fourth-order valence-electron chi connectivity index (χ4n) is 1.65. The largest absolute Gasteiger partial charge is 0.439 e. The Balaban J connectivity index is 2.42. The first-order valence-corrected chi connectivity index (χ1v) is 10.8. The minimum Gasteiger partial charge on any atom is -0.439 e. The van der Waals surface area contributed by atoms with Crippen LogP contribution >= 0.6 is 57.2 Å². The van der Waals surface area contributed by atoms with E-state index < -0.39 is 6.49 Å². The van der Waals surface area contributed by atoms with Gasteiger partial charge in [-0.15, -0.1) is 0 Å². The fourth-order valence-corrected chi connectivity index (χ4v) is 5.16. The normalized spacial score (nSPS) is 13.7. The van der Waals surface area contributed by atoms with Crippen LogP contribution in [-0.4, -0.2) is 6.61 Å². The van der Waals surface area contributed by atoms with Gasteiger partial charge in [-0.25, -0.2) is 0 Å². The fraction of sp³-hybridized carbons (Fsp3) is 0.143. The second-order valence-corrected chi connectivity index (χ2v) is 9.68. The van der Waals surface area contributed by atoms with Crippen molar-refractivity contribution in [2.24, 2.45) is 0 Å². The zero-order chi connectivity index (χ0) is 16.3. The molecule has 0 saturated heterocycles. The van der Waals surface area contributed by atoms with Crippen LogP contribution in [0.3, 0.4) is 0 Å². The third-order valence-corrected chi connectivity index (χ3v) is 7.52. The Hall–Kier alpha value is 0.200. The summed E-state index contributed by atoms with van der Waals surface area (Å²) in [6.45, 7) is -0.483. The van der Waals surface area contributed by atoms with Crippen LogP contribution in [0.5, 0.6) is 5.75 Å². The van der Waals surface area contributed by atoms with Crippen LogP contribution in [0, 0.1) is 0 Å². The summed E-state index contributed by atoms with van der Waals surface area (Å²) in [5.74, 6) is 0.390. The molecule has 0 N–H and O–H groups in total. The van der Waals surface area contributed by atoms with Crippen LogP contribution in [0.4, 0.5) is 0 Å². The maximum absolute atomic E-state index is 6.20. The number of halogens is 4. The maximum Gasteiger partial charge on any atom is 0.269 e. The van der Waals surface area contributed by atoms with E-state index >= 15 is 0 Å². The van der Waals surface area contributed by atoms with Crippen molar-refractivity contribution in [3.63, 3.8) is 0 Å². The van der Waals surface area contributed by atoms with Crippen LogP contribution in [0.1, 0.15) is 6.92 Å². The zero-order valence-electron chi connectivity index (χ0n) is 11.4. The molecule has 0 aliphatic heterocycles. The van der Waals surface area contributed by atoms with E-state index in [1.165, 1.54) is 0 Å². The van der Waals surface area contributed by atoms with Gasteiger partial charge in [-0.2, -0.15) is 0 Å². The van der Waals surface area contributed by atoms with Crippen LogP contribution in [0.2, 0.25) is 15.1 Å². The molecule has 2 nitrogen and oxygen atoms in total. The highest BCUT2D eigenvalue weighted by Gasteiger charge is 2.25. The highest BCUT2D eigenvalue weighted by Crippen LogP contribution is 2.50. The molecule has 2 aromatic rings. The average molecular weight is 461 g/mol. The summed E-state index contributed by atoms with van der Waals surface area (Å²) in [5.41, 5.74) is 0. The Labute approximate surface area is 158 Å². The molecule has 0 aliphatic rings. The molecule has 0 aromatic heterocycles. The van der Waals surface area contributed by atoms with Crippen molar-refractivity contribution >= 4 is 74.3 Å². The lowest BCUT2D eigenvalue weighted by molar-refractivity contribution is 0.339. The number of benzene rings is 2. The summed E-state index contributed by atoms with van der Waals surface area (Å²) in [6, 6.07) is 10.4. The van der Waals surface area contributed by atoms with Crippen LogP contribution in [0.25, 0.3) is 0 Å². The van der Waals surface area contributed by atoms with Gasteiger partial charge < -0.3 is 9.05 Å². The van der Waals surface area contributed by atoms with Crippen molar-refractivity contribution in [3.05, 3.63) is 55.9 Å². The predicted molar refractivity (Wildman–Crippen MR) is 102 cm³/mol. The van der Waals surface area contributed by atoms with Gasteiger partial charge in [-0.3, -0.25) is 0 Å². The summed E-state index contributed by atoms with van der Waals surface area (Å²) in [6.07, 6.45) is 0. The quantitative estimate of drug-likeness (QED) is 0.377. The van der Waals surface area contributed by atoms with E-state index in [-0.39, 0.29) is 0 Å². The lowest BCUT2D eigenvalue weighted by Crippen LogP contribution is -2.12. The van der Waals surface area contributed by atoms with Crippen LogP contribution in [-0.2, 0) is 16.3 Å². The minimum absolute atomic E-state index is 0.390. The molecule has 8 heteroatoms. The van der Waals surface area contributed by atoms with Gasteiger partial charge in [0.25, 0.3) is 6.49 Å². The van der Waals surface area contributed by atoms with Gasteiger partial charge in [0.2, 0.25) is 0 Å². The van der Waals surface area contributed by atoms with Gasteiger partial charge in [0, 0.05) is 20.9 Å². The van der Waals surface area contributed by atoms with Crippen molar-refractivity contribution in [2.75, 3.05) is 6.61 Å². The molecule has 0 saturated carbocycles. The Morgan fingerprint density at radius 3 is 2.32 bits per heavy atom. The van der Waals surface area contributed by atoms with E-state index in [9.17, 15) is 0 Å². The minimum atomic E-state index is -2.76. The molecule has 0 bridgehead atoms. The second-order valence-electron chi connectivity index (χ2n) is 4.18. The standard InChI is InChI=1S/C14H11BrCl3O2PS/c1-2-19-21(22,10-5-3-9(16)4-6-10)20-14-8-12(17)11(15)7-13(14)18/h3-8H,2H2,1H3. The maximum atomic E-state index is 6.20. The number of hydrogen-bond donors (Lipinski definition) is 0. The van der Waals surface area contributed by atoms with E-state index in [4.69, 9.17) is 55.7 Å². The molecular weight excluding hydrogens is 449 g/mol. The van der Waals surface area contributed by atoms with Crippen LogP contribution in [0.15, 0.2) is 40.9 Å². The summed E-state index contributed by atoms with van der Waals surface area (Å²) in [5, 5.41) is 2.25. The van der Waals surface area contributed by atoms with Crippen molar-refractivity contribution in [1.82, 2.24) is 0 Å². The first kappa shape index (κ1) is 18.5. The molecule has 2 aromatic carbocycles. The van der Waals surface area contributed by atoms with Gasteiger partial charge in [0.1, 0.15) is 5.75 Å². The Morgan fingerprint density at radius 1 is 1.09 bits per heavy atom.